The smallest absolute Gasteiger partial charge is 0.251 e. The van der Waals surface area contributed by atoms with Crippen LogP contribution in [-0.4, -0.2) is 35.5 Å². The molecule has 2 aromatic rings. The lowest BCUT2D eigenvalue weighted by atomic mass is 10.1. The van der Waals surface area contributed by atoms with Gasteiger partial charge in [0.25, 0.3) is 5.91 Å². The predicted octanol–water partition coefficient (Wildman–Crippen LogP) is 3.13. The van der Waals surface area contributed by atoms with Gasteiger partial charge in [-0.1, -0.05) is 26.0 Å². The van der Waals surface area contributed by atoms with Gasteiger partial charge in [0.2, 0.25) is 5.95 Å². The Hall–Kier alpha value is -2.43. The zero-order chi connectivity index (χ0) is 16.9. The molecule has 24 heavy (non-hydrogen) atoms. The van der Waals surface area contributed by atoms with Crippen LogP contribution in [0.4, 0.5) is 5.95 Å². The number of hydrogen-bond donors (Lipinski definition) is 1. The quantitative estimate of drug-likeness (QED) is 0.918. The third kappa shape index (κ3) is 3.91. The maximum atomic E-state index is 12.1. The number of benzene rings is 1. The van der Waals surface area contributed by atoms with Gasteiger partial charge in [0.05, 0.1) is 5.69 Å². The number of carbonyl (C=O) groups excluding carboxylic acids is 1. The van der Waals surface area contributed by atoms with Gasteiger partial charge in [0.1, 0.15) is 0 Å². The van der Waals surface area contributed by atoms with Crippen molar-refractivity contribution >= 4 is 11.9 Å². The fourth-order valence-electron chi connectivity index (χ4n) is 2.77. The van der Waals surface area contributed by atoms with Crippen LogP contribution in [0.5, 0.6) is 0 Å². The Bertz CT molecular complexity index is 691. The molecule has 126 valence electrons. The summed E-state index contributed by atoms with van der Waals surface area (Å²) in [5.41, 5.74) is 2.56. The summed E-state index contributed by atoms with van der Waals surface area (Å²) < 4.78 is 0. The summed E-state index contributed by atoms with van der Waals surface area (Å²) in [6.07, 6.45) is 4.21. The molecule has 0 atom stereocenters. The van der Waals surface area contributed by atoms with Crippen LogP contribution in [0.3, 0.4) is 0 Å². The Labute approximate surface area is 143 Å². The largest absolute Gasteiger partial charge is 0.352 e. The molecule has 2 heterocycles. The van der Waals surface area contributed by atoms with Gasteiger partial charge in [0, 0.05) is 37.0 Å². The predicted molar refractivity (Wildman–Crippen MR) is 96.1 cm³/mol. The van der Waals surface area contributed by atoms with E-state index in [0.29, 0.717) is 18.0 Å². The van der Waals surface area contributed by atoms with Crippen molar-refractivity contribution in [2.45, 2.75) is 26.7 Å². The molecule has 5 heteroatoms. The van der Waals surface area contributed by atoms with E-state index in [1.54, 1.807) is 6.20 Å². The molecule has 1 aromatic heterocycles. The molecule has 0 aliphatic carbocycles. The molecule has 0 radical (unpaired) electrons. The van der Waals surface area contributed by atoms with Crippen LogP contribution < -0.4 is 10.2 Å². The van der Waals surface area contributed by atoms with Gasteiger partial charge in [-0.2, -0.15) is 0 Å². The number of nitrogens with zero attached hydrogens (tertiary/aromatic N) is 3. The first-order valence-electron chi connectivity index (χ1n) is 8.60. The van der Waals surface area contributed by atoms with E-state index < -0.39 is 0 Å². The van der Waals surface area contributed by atoms with E-state index in [4.69, 9.17) is 0 Å². The zero-order valence-electron chi connectivity index (χ0n) is 14.3. The van der Waals surface area contributed by atoms with E-state index in [9.17, 15) is 4.79 Å². The topological polar surface area (TPSA) is 58.1 Å². The second-order valence-corrected chi connectivity index (χ2v) is 6.62. The lowest BCUT2D eigenvalue weighted by Crippen LogP contribution is -2.27. The van der Waals surface area contributed by atoms with Crippen LogP contribution in [-0.2, 0) is 0 Å². The molecule has 1 N–H and O–H groups in total. The van der Waals surface area contributed by atoms with Crippen LogP contribution in [0.15, 0.2) is 36.5 Å². The van der Waals surface area contributed by atoms with E-state index in [2.05, 4.69) is 34.0 Å². The van der Waals surface area contributed by atoms with Gasteiger partial charge < -0.3 is 10.2 Å². The summed E-state index contributed by atoms with van der Waals surface area (Å²) >= 11 is 0. The number of hydrogen-bond acceptors (Lipinski definition) is 4. The molecule has 1 aliphatic heterocycles. The van der Waals surface area contributed by atoms with Crippen molar-refractivity contribution in [1.29, 1.82) is 0 Å². The standard InChI is InChI=1S/C19H24N4O/c1-14(2)13-21-18(24)16-7-5-15(6-8-16)17-9-10-20-19(22-17)23-11-3-4-12-23/h5-10,14H,3-4,11-13H2,1-2H3,(H,21,24). The first kappa shape index (κ1) is 16.4. The molecule has 3 rings (SSSR count). The normalized spacial score (nSPS) is 14.2. The molecular weight excluding hydrogens is 300 g/mol. The lowest BCUT2D eigenvalue weighted by Gasteiger charge is -2.15. The second kappa shape index (κ2) is 7.43. The Morgan fingerprint density at radius 3 is 2.54 bits per heavy atom. The van der Waals surface area contributed by atoms with Gasteiger partial charge in [-0.3, -0.25) is 4.79 Å². The number of rotatable bonds is 5. The molecule has 5 nitrogen and oxygen atoms in total. The zero-order valence-corrected chi connectivity index (χ0v) is 14.3. The highest BCUT2D eigenvalue weighted by Crippen LogP contribution is 2.21. The van der Waals surface area contributed by atoms with Crippen LogP contribution >= 0.6 is 0 Å². The van der Waals surface area contributed by atoms with Crippen molar-refractivity contribution in [2.75, 3.05) is 24.5 Å². The number of nitrogens with one attached hydrogen (secondary N) is 1. The average molecular weight is 324 g/mol. The van der Waals surface area contributed by atoms with E-state index in [-0.39, 0.29) is 5.91 Å². The number of carbonyl (C=O) groups is 1. The Kier molecular flexibility index (Phi) is 5.08. The third-order valence-electron chi connectivity index (χ3n) is 4.15. The van der Waals surface area contributed by atoms with Gasteiger partial charge in [-0.15, -0.1) is 0 Å². The molecule has 1 fully saturated rings. The fourth-order valence-corrected chi connectivity index (χ4v) is 2.77. The highest BCUT2D eigenvalue weighted by Gasteiger charge is 2.15. The minimum atomic E-state index is -0.0318. The van der Waals surface area contributed by atoms with Gasteiger partial charge in [-0.05, 0) is 37.0 Å². The van der Waals surface area contributed by atoms with E-state index in [1.807, 2.05) is 30.3 Å². The molecule has 1 aliphatic rings. The van der Waals surface area contributed by atoms with Crippen molar-refractivity contribution in [2.24, 2.45) is 5.92 Å². The maximum Gasteiger partial charge on any atom is 0.251 e. The SMILES string of the molecule is CC(C)CNC(=O)c1ccc(-c2ccnc(N3CCCC3)n2)cc1. The van der Waals surface area contributed by atoms with Crippen molar-refractivity contribution in [3.63, 3.8) is 0 Å². The summed E-state index contributed by atoms with van der Waals surface area (Å²) in [4.78, 5) is 23.4. The average Bonchev–Trinajstić information content (AvgIpc) is 3.14. The van der Waals surface area contributed by atoms with Gasteiger partial charge in [-0.25, -0.2) is 9.97 Å². The lowest BCUT2D eigenvalue weighted by molar-refractivity contribution is 0.0949. The molecule has 1 saturated heterocycles. The van der Waals surface area contributed by atoms with Crippen molar-refractivity contribution in [3.8, 4) is 11.3 Å². The van der Waals surface area contributed by atoms with Crippen molar-refractivity contribution in [1.82, 2.24) is 15.3 Å². The molecule has 0 bridgehead atoms. The second-order valence-electron chi connectivity index (χ2n) is 6.62. The van der Waals surface area contributed by atoms with Crippen LogP contribution in [0, 0.1) is 5.92 Å². The Morgan fingerprint density at radius 1 is 1.17 bits per heavy atom. The first-order chi connectivity index (χ1) is 11.6. The first-order valence-corrected chi connectivity index (χ1v) is 8.60. The highest BCUT2D eigenvalue weighted by atomic mass is 16.1. The minimum Gasteiger partial charge on any atom is -0.352 e. The number of aromatic nitrogens is 2. The van der Waals surface area contributed by atoms with Crippen LogP contribution in [0.25, 0.3) is 11.3 Å². The van der Waals surface area contributed by atoms with Crippen LogP contribution in [0.2, 0.25) is 0 Å². The highest BCUT2D eigenvalue weighted by molar-refractivity contribution is 5.94. The summed E-state index contributed by atoms with van der Waals surface area (Å²) in [7, 11) is 0. The molecule has 0 saturated carbocycles. The molecule has 0 unspecified atom stereocenters. The van der Waals surface area contributed by atoms with E-state index in [1.165, 1.54) is 12.8 Å². The third-order valence-corrected chi connectivity index (χ3v) is 4.15. The number of amides is 1. The molecule has 1 amide bonds. The molecule has 1 aromatic carbocycles. The van der Waals surface area contributed by atoms with Crippen LogP contribution in [0.1, 0.15) is 37.0 Å². The van der Waals surface area contributed by atoms with Gasteiger partial charge >= 0.3 is 0 Å². The fraction of sp³-hybridized carbons (Fsp3) is 0.421. The van der Waals surface area contributed by atoms with Crippen molar-refractivity contribution in [3.05, 3.63) is 42.1 Å². The summed E-state index contributed by atoms with van der Waals surface area (Å²) in [5, 5.41) is 2.93. The number of anilines is 1. The maximum absolute atomic E-state index is 12.1. The Morgan fingerprint density at radius 2 is 1.88 bits per heavy atom. The van der Waals surface area contributed by atoms with Gasteiger partial charge in [0.15, 0.2) is 0 Å². The molecule has 0 spiro atoms. The summed E-state index contributed by atoms with van der Waals surface area (Å²) in [6, 6.07) is 9.50. The monoisotopic (exact) mass is 324 g/mol. The van der Waals surface area contributed by atoms with E-state index >= 15 is 0 Å². The summed E-state index contributed by atoms with van der Waals surface area (Å²) in [5.74, 6) is 1.21. The van der Waals surface area contributed by atoms with Crippen molar-refractivity contribution < 1.29 is 4.79 Å². The molecular formula is C19H24N4O. The Balaban J connectivity index is 1.73. The van der Waals surface area contributed by atoms with E-state index in [0.717, 1.165) is 30.3 Å². The summed E-state index contributed by atoms with van der Waals surface area (Å²) in [6.45, 7) is 6.90. The minimum absolute atomic E-state index is 0.0318.